The fourth-order valence-electron chi connectivity index (χ4n) is 4.47. The van der Waals surface area contributed by atoms with Crippen molar-refractivity contribution in [3.05, 3.63) is 79.7 Å². The number of ether oxygens (including phenoxy) is 1. The van der Waals surface area contributed by atoms with Crippen LogP contribution in [0.25, 0.3) is 0 Å². The Balaban J connectivity index is 1.25. The van der Waals surface area contributed by atoms with Crippen LogP contribution in [-0.4, -0.2) is 54.8 Å². The van der Waals surface area contributed by atoms with Crippen LogP contribution in [-0.2, 0) is 21.7 Å². The van der Waals surface area contributed by atoms with E-state index in [4.69, 9.17) is 4.74 Å². The van der Waals surface area contributed by atoms with Crippen LogP contribution < -0.4 is 0 Å². The zero-order chi connectivity index (χ0) is 35.4. The molecule has 0 aromatic heterocycles. The zero-order valence-electron chi connectivity index (χ0n) is 28.3. The van der Waals surface area contributed by atoms with Crippen LogP contribution in [0.2, 0.25) is 0 Å². The normalized spacial score (nSPS) is 21.9. The van der Waals surface area contributed by atoms with E-state index >= 15 is 0 Å². The monoisotopic (exact) mass is 964 g/mol. The molecule has 2 nitrogen and oxygen atoms in total. The first-order chi connectivity index (χ1) is 24.1. The topological polar surface area (TPSA) is 29.5 Å². The molecule has 5 aliphatic heterocycles. The molecule has 2 bridgehead atoms. The molecule has 0 spiro atoms. The molecule has 1 aromatic carbocycles. The minimum atomic E-state index is -0.0168. The van der Waals surface area contributed by atoms with Gasteiger partial charge in [-0.2, -0.15) is 0 Å². The fourth-order valence-corrected chi connectivity index (χ4v) is 26.5. The molecule has 0 aliphatic carbocycles. The molecule has 0 amide bonds. The Bertz CT molecular complexity index is 1540. The summed E-state index contributed by atoms with van der Waals surface area (Å²) in [5.74, 6) is 3.81. The SMILES string of the molecule is CSC1=C(SC)SC(=C2SC3=C(SCc4cc(C(C)(C)C)cc(c4O)CSC4=C(SCCOCCS3)SC(=C3SC(SC)=C(SC)S3)S4)S2)S1. The first-order valence-electron chi connectivity index (χ1n) is 15.1. The molecule has 6 rings (SSSR count). The third kappa shape index (κ3) is 10.7. The second-order valence-corrected chi connectivity index (χ2v) is 30.1. The van der Waals surface area contributed by atoms with Crippen LogP contribution >= 0.6 is 188 Å². The Morgan fingerprint density at radius 1 is 0.520 bits per heavy atom. The first kappa shape index (κ1) is 42.6. The molecule has 0 atom stereocenters. The van der Waals surface area contributed by atoms with E-state index in [1.165, 1.54) is 56.4 Å². The Morgan fingerprint density at radius 3 is 1.20 bits per heavy atom. The molecule has 1 N–H and O–H groups in total. The molecule has 1 aromatic rings. The van der Waals surface area contributed by atoms with Crippen LogP contribution in [0.15, 0.2) is 63.0 Å². The van der Waals surface area contributed by atoms with Crippen molar-refractivity contribution in [2.75, 3.05) is 49.7 Å². The van der Waals surface area contributed by atoms with Crippen LogP contribution in [0.1, 0.15) is 37.5 Å². The Labute approximate surface area is 366 Å². The first-order valence-corrected chi connectivity index (χ1v) is 30.5. The van der Waals surface area contributed by atoms with Crippen molar-refractivity contribution >= 4 is 188 Å². The average Bonchev–Trinajstić information content (AvgIpc) is 3.90. The summed E-state index contributed by atoms with van der Waals surface area (Å²) in [7, 11) is 0. The van der Waals surface area contributed by atoms with Crippen molar-refractivity contribution in [2.24, 2.45) is 0 Å². The van der Waals surface area contributed by atoms with Gasteiger partial charge >= 0.3 is 0 Å². The highest BCUT2D eigenvalue weighted by Gasteiger charge is 2.32. The van der Waals surface area contributed by atoms with E-state index in [0.717, 1.165) is 47.4 Å². The molecule has 0 saturated heterocycles. The van der Waals surface area contributed by atoms with E-state index in [9.17, 15) is 5.11 Å². The number of phenolic OH excluding ortho intramolecular Hbond substituents is 1. The van der Waals surface area contributed by atoms with Crippen molar-refractivity contribution in [3.8, 4) is 5.75 Å². The smallest absolute Gasteiger partial charge is 0.123 e. The fraction of sp³-hybridized carbons (Fsp3) is 0.438. The molecule has 5 heterocycles. The van der Waals surface area contributed by atoms with Gasteiger partial charge < -0.3 is 9.84 Å². The molecule has 0 saturated carbocycles. The van der Waals surface area contributed by atoms with E-state index in [-0.39, 0.29) is 5.41 Å². The third-order valence-electron chi connectivity index (χ3n) is 7.00. The summed E-state index contributed by atoms with van der Waals surface area (Å²) in [6.45, 7) is 8.32. The third-order valence-corrected chi connectivity index (χ3v) is 29.6. The molecule has 0 radical (unpaired) electrons. The average molecular weight is 966 g/mol. The molecule has 0 fully saturated rings. The number of hydrogen-bond acceptors (Lipinski definition) is 18. The highest BCUT2D eigenvalue weighted by Crippen LogP contribution is 2.67. The van der Waals surface area contributed by atoms with Gasteiger partial charge in [0.1, 0.15) is 5.75 Å². The van der Waals surface area contributed by atoms with E-state index in [1.807, 2.05) is 188 Å². The van der Waals surface area contributed by atoms with E-state index in [1.54, 1.807) is 0 Å². The largest absolute Gasteiger partial charge is 0.507 e. The minimum absolute atomic E-state index is 0.0168. The summed E-state index contributed by atoms with van der Waals surface area (Å²) in [5, 5.41) is 11.8. The summed E-state index contributed by atoms with van der Waals surface area (Å²) in [6, 6.07) is 4.50. The second-order valence-electron chi connectivity index (χ2n) is 11.4. The minimum Gasteiger partial charge on any atom is -0.507 e. The van der Waals surface area contributed by atoms with Gasteiger partial charge in [-0.05, 0) is 36.0 Å². The Kier molecular flexibility index (Phi) is 17.2. The molecule has 5 aliphatic rings. The van der Waals surface area contributed by atoms with Gasteiger partial charge in [-0.25, -0.2) is 0 Å². The molecule has 50 heavy (non-hydrogen) atoms. The standard InChI is InChI=1S/C32H36O2S16/c1-32(2,3)18-12-16-14-41-26-24(47-30(49-26)28-43-20(35-4)21(36-5)44-28)39-10-8-34-9-11-40-25-27(42-15-17(13-18)19(16)33)50-31(48-25)29-45-22(37-6)23(38-7)46-29/h12-13,33H,8-11,14-15H2,1-7H3. The summed E-state index contributed by atoms with van der Waals surface area (Å²) in [4.78, 5) is 0. The number of rotatable bonds is 4. The maximum Gasteiger partial charge on any atom is 0.123 e. The number of thioether (sulfide) groups is 16. The molecule has 18 heteroatoms. The maximum atomic E-state index is 11.8. The van der Waals surface area contributed by atoms with Crippen LogP contribution in [0, 0.1) is 0 Å². The predicted molar refractivity (Wildman–Crippen MR) is 262 cm³/mol. The lowest BCUT2D eigenvalue weighted by molar-refractivity contribution is 0.167. The highest BCUT2D eigenvalue weighted by atomic mass is 32.3. The number of aromatic hydroxyl groups is 1. The number of hydrogen-bond donors (Lipinski definition) is 1. The summed E-state index contributed by atoms with van der Waals surface area (Å²) in [6.07, 6.45) is 8.71. The highest BCUT2D eigenvalue weighted by molar-refractivity contribution is 8.46. The summed E-state index contributed by atoms with van der Waals surface area (Å²) >= 11 is 30.4. The van der Waals surface area contributed by atoms with Gasteiger partial charge in [0.2, 0.25) is 0 Å². The van der Waals surface area contributed by atoms with Crippen LogP contribution in [0.3, 0.4) is 0 Å². The Hall–Kier alpha value is 3.02. The van der Waals surface area contributed by atoms with Crippen molar-refractivity contribution in [2.45, 2.75) is 37.7 Å². The van der Waals surface area contributed by atoms with E-state index in [0.29, 0.717) is 5.75 Å². The van der Waals surface area contributed by atoms with Gasteiger partial charge in [-0.1, -0.05) is 127 Å². The molecule has 272 valence electrons. The van der Waals surface area contributed by atoms with Crippen LogP contribution in [0.5, 0.6) is 5.75 Å². The van der Waals surface area contributed by atoms with Gasteiger partial charge in [-0.3, -0.25) is 0 Å². The zero-order valence-corrected chi connectivity index (χ0v) is 41.3. The van der Waals surface area contributed by atoms with Crippen molar-refractivity contribution in [3.63, 3.8) is 0 Å². The predicted octanol–water partition coefficient (Wildman–Crippen LogP) is 15.8. The lowest BCUT2D eigenvalue weighted by Gasteiger charge is -2.22. The van der Waals surface area contributed by atoms with Gasteiger partial charge in [0.05, 0.1) is 64.1 Å². The van der Waals surface area contributed by atoms with E-state index in [2.05, 4.69) is 57.9 Å². The van der Waals surface area contributed by atoms with Crippen LogP contribution in [0.4, 0.5) is 0 Å². The van der Waals surface area contributed by atoms with Gasteiger partial charge in [0.25, 0.3) is 0 Å². The Morgan fingerprint density at radius 2 is 0.860 bits per heavy atom. The van der Waals surface area contributed by atoms with Crippen molar-refractivity contribution in [1.82, 2.24) is 0 Å². The summed E-state index contributed by atoms with van der Waals surface area (Å²) in [5.41, 5.74) is 3.33. The van der Waals surface area contributed by atoms with Gasteiger partial charge in [-0.15, -0.1) is 94.1 Å². The number of benzene rings is 1. The van der Waals surface area contributed by atoms with Crippen molar-refractivity contribution in [1.29, 1.82) is 0 Å². The number of fused-ring (bicyclic) bond motifs is 2. The summed E-state index contributed by atoms with van der Waals surface area (Å²) < 4.78 is 22.9. The molecule has 0 unspecified atom stereocenters. The lowest BCUT2D eigenvalue weighted by Crippen LogP contribution is -2.12. The maximum absolute atomic E-state index is 11.8. The number of phenols is 1. The van der Waals surface area contributed by atoms with Gasteiger partial charge in [0.15, 0.2) is 0 Å². The lowest BCUT2D eigenvalue weighted by atomic mass is 9.85. The quantitative estimate of drug-likeness (QED) is 0.310. The van der Waals surface area contributed by atoms with E-state index < -0.39 is 0 Å². The van der Waals surface area contributed by atoms with Crippen molar-refractivity contribution < 1.29 is 9.84 Å². The molecular formula is C32H36O2S16. The second kappa shape index (κ2) is 20.1. The van der Waals surface area contributed by atoms with Gasteiger partial charge in [0, 0.05) is 34.1 Å². The molecular weight excluding hydrogens is 929 g/mol.